The van der Waals surface area contributed by atoms with Crippen molar-refractivity contribution < 1.29 is 9.90 Å². The first-order chi connectivity index (χ1) is 8.49. The predicted molar refractivity (Wildman–Crippen MR) is 72.2 cm³/mol. The molecule has 1 aliphatic rings. The number of rotatable bonds is 3. The van der Waals surface area contributed by atoms with Crippen molar-refractivity contribution in [3.05, 3.63) is 29.3 Å². The van der Waals surface area contributed by atoms with Crippen LogP contribution in [0.5, 0.6) is 5.75 Å². The van der Waals surface area contributed by atoms with Crippen molar-refractivity contribution in [2.45, 2.75) is 25.1 Å². The van der Waals surface area contributed by atoms with E-state index < -0.39 is 0 Å². The molecule has 1 aromatic carbocycles. The average Bonchev–Trinajstić information content (AvgIpc) is 2.30. The molecule has 1 N–H and O–H groups in total. The number of hydrogen-bond donors (Lipinski definition) is 1. The highest BCUT2D eigenvalue weighted by molar-refractivity contribution is 6.21. The van der Waals surface area contributed by atoms with Gasteiger partial charge in [-0.25, -0.2) is 0 Å². The van der Waals surface area contributed by atoms with Crippen molar-refractivity contribution >= 4 is 17.5 Å². The Hall–Kier alpha value is -1.22. The number of hydrogen-bond acceptors (Lipinski definition) is 2. The Kier molecular flexibility index (Phi) is 3.81. The first-order valence-electron chi connectivity index (χ1n) is 6.17. The van der Waals surface area contributed by atoms with Crippen LogP contribution in [0.1, 0.15) is 28.8 Å². The van der Waals surface area contributed by atoms with Crippen molar-refractivity contribution in [3.63, 3.8) is 0 Å². The summed E-state index contributed by atoms with van der Waals surface area (Å²) < 4.78 is 0. The van der Waals surface area contributed by atoms with Crippen molar-refractivity contribution in [1.29, 1.82) is 0 Å². The number of halogens is 1. The molecule has 2 rings (SSSR count). The fourth-order valence-electron chi connectivity index (χ4n) is 2.31. The maximum atomic E-state index is 12.2. The second-order valence-electron chi connectivity index (χ2n) is 5.09. The van der Waals surface area contributed by atoms with E-state index in [2.05, 4.69) is 0 Å². The number of alkyl halides is 1. The molecule has 0 radical (unpaired) electrons. The summed E-state index contributed by atoms with van der Waals surface area (Å²) in [6.45, 7) is 2.49. The number of carbonyl (C=O) groups is 1. The van der Waals surface area contributed by atoms with E-state index in [9.17, 15) is 9.90 Å². The number of amides is 1. The van der Waals surface area contributed by atoms with Gasteiger partial charge >= 0.3 is 0 Å². The Morgan fingerprint density at radius 1 is 1.50 bits per heavy atom. The molecular weight excluding hydrogens is 250 g/mol. The van der Waals surface area contributed by atoms with Gasteiger partial charge in [-0.2, -0.15) is 0 Å². The van der Waals surface area contributed by atoms with Crippen LogP contribution in [0.4, 0.5) is 0 Å². The van der Waals surface area contributed by atoms with Crippen LogP contribution < -0.4 is 0 Å². The monoisotopic (exact) mass is 267 g/mol. The smallest absolute Gasteiger partial charge is 0.257 e. The molecule has 0 atom stereocenters. The minimum Gasteiger partial charge on any atom is -0.507 e. The number of phenolic OH excluding ortho intramolecular Hbond substituents is 1. The SMILES string of the molecule is Cc1cccc(C(=O)N(C)CC2CC(Cl)C2)c1O. The van der Waals surface area contributed by atoms with Gasteiger partial charge in [0.15, 0.2) is 0 Å². The van der Waals surface area contributed by atoms with Gasteiger partial charge < -0.3 is 10.0 Å². The zero-order valence-electron chi connectivity index (χ0n) is 10.7. The van der Waals surface area contributed by atoms with Gasteiger partial charge in [0.1, 0.15) is 5.75 Å². The average molecular weight is 268 g/mol. The van der Waals surface area contributed by atoms with E-state index in [1.807, 2.05) is 0 Å². The molecule has 1 saturated carbocycles. The highest BCUT2D eigenvalue weighted by Gasteiger charge is 2.29. The number of benzene rings is 1. The fourth-order valence-corrected chi connectivity index (χ4v) is 2.81. The number of carbonyl (C=O) groups excluding carboxylic acids is 1. The maximum absolute atomic E-state index is 12.2. The summed E-state index contributed by atoms with van der Waals surface area (Å²) in [5.41, 5.74) is 1.10. The van der Waals surface area contributed by atoms with Gasteiger partial charge in [0.05, 0.1) is 5.56 Å². The minimum absolute atomic E-state index is 0.0816. The Balaban J connectivity index is 2.04. The van der Waals surface area contributed by atoms with Crippen LogP contribution in [0.3, 0.4) is 0 Å². The number of para-hydroxylation sites is 1. The quantitative estimate of drug-likeness (QED) is 0.856. The summed E-state index contributed by atoms with van der Waals surface area (Å²) in [5, 5.41) is 10.2. The summed E-state index contributed by atoms with van der Waals surface area (Å²) in [5.74, 6) is 0.445. The Morgan fingerprint density at radius 2 is 2.17 bits per heavy atom. The molecule has 1 aromatic rings. The first kappa shape index (κ1) is 13.2. The highest BCUT2D eigenvalue weighted by atomic mass is 35.5. The van der Waals surface area contributed by atoms with E-state index in [-0.39, 0.29) is 17.0 Å². The Morgan fingerprint density at radius 3 is 2.78 bits per heavy atom. The van der Waals surface area contributed by atoms with Crippen molar-refractivity contribution in [2.24, 2.45) is 5.92 Å². The second kappa shape index (κ2) is 5.19. The van der Waals surface area contributed by atoms with Gasteiger partial charge in [0.25, 0.3) is 5.91 Å². The second-order valence-corrected chi connectivity index (χ2v) is 5.71. The summed E-state index contributed by atoms with van der Waals surface area (Å²) in [6, 6.07) is 5.23. The van der Waals surface area contributed by atoms with Crippen molar-refractivity contribution in [1.82, 2.24) is 4.90 Å². The van der Waals surface area contributed by atoms with Gasteiger partial charge in [-0.1, -0.05) is 12.1 Å². The lowest BCUT2D eigenvalue weighted by Crippen LogP contribution is -2.37. The molecular formula is C14H18ClNO2. The van der Waals surface area contributed by atoms with E-state index in [0.717, 1.165) is 18.4 Å². The van der Waals surface area contributed by atoms with Gasteiger partial charge in [-0.15, -0.1) is 11.6 Å². The zero-order valence-corrected chi connectivity index (χ0v) is 11.4. The minimum atomic E-state index is -0.130. The molecule has 0 aromatic heterocycles. The standard InChI is InChI=1S/C14H18ClNO2/c1-9-4-3-5-12(13(9)17)14(18)16(2)8-10-6-11(15)7-10/h3-5,10-11,17H,6-8H2,1-2H3. The van der Waals surface area contributed by atoms with Crippen molar-refractivity contribution in [2.75, 3.05) is 13.6 Å². The highest BCUT2D eigenvalue weighted by Crippen LogP contribution is 2.32. The maximum Gasteiger partial charge on any atom is 0.257 e. The van der Waals surface area contributed by atoms with Gasteiger partial charge in [0.2, 0.25) is 0 Å². The number of phenols is 1. The molecule has 0 aliphatic heterocycles. The third-order valence-electron chi connectivity index (χ3n) is 3.53. The normalized spacial score (nSPS) is 22.4. The van der Waals surface area contributed by atoms with Crippen LogP contribution in [0, 0.1) is 12.8 Å². The van der Waals surface area contributed by atoms with E-state index in [1.54, 1.807) is 37.1 Å². The molecule has 1 fully saturated rings. The largest absolute Gasteiger partial charge is 0.507 e. The molecule has 18 heavy (non-hydrogen) atoms. The molecule has 1 amide bonds. The molecule has 98 valence electrons. The zero-order chi connectivity index (χ0) is 13.3. The van der Waals surface area contributed by atoms with Crippen LogP contribution in [-0.4, -0.2) is 34.9 Å². The van der Waals surface area contributed by atoms with Crippen LogP contribution in [0.15, 0.2) is 18.2 Å². The fraction of sp³-hybridized carbons (Fsp3) is 0.500. The molecule has 1 aliphatic carbocycles. The van der Waals surface area contributed by atoms with Crippen molar-refractivity contribution in [3.8, 4) is 5.75 Å². The predicted octanol–water partition coefficient (Wildman–Crippen LogP) is 2.79. The number of aryl methyl sites for hydroxylation is 1. The van der Waals surface area contributed by atoms with Crippen LogP contribution in [-0.2, 0) is 0 Å². The summed E-state index contributed by atoms with van der Waals surface area (Å²) in [6.07, 6.45) is 1.94. The Labute approximate surface area is 112 Å². The third-order valence-corrected chi connectivity index (χ3v) is 3.88. The summed E-state index contributed by atoms with van der Waals surface area (Å²) in [4.78, 5) is 13.9. The number of nitrogens with zero attached hydrogens (tertiary/aromatic N) is 1. The molecule has 4 heteroatoms. The molecule has 0 spiro atoms. The lowest BCUT2D eigenvalue weighted by Gasteiger charge is -2.34. The summed E-state index contributed by atoms with van der Waals surface area (Å²) in [7, 11) is 1.77. The molecule has 0 saturated heterocycles. The molecule has 0 bridgehead atoms. The summed E-state index contributed by atoms with van der Waals surface area (Å²) >= 11 is 5.93. The topological polar surface area (TPSA) is 40.5 Å². The molecule has 3 nitrogen and oxygen atoms in total. The van der Waals surface area contributed by atoms with E-state index in [1.165, 1.54) is 0 Å². The number of aromatic hydroxyl groups is 1. The lowest BCUT2D eigenvalue weighted by molar-refractivity contribution is 0.0744. The third kappa shape index (κ3) is 2.61. The van der Waals surface area contributed by atoms with E-state index >= 15 is 0 Å². The van der Waals surface area contributed by atoms with Gasteiger partial charge in [-0.05, 0) is 37.3 Å². The van der Waals surface area contributed by atoms with Gasteiger partial charge in [0, 0.05) is 19.0 Å². The molecule has 0 unspecified atom stereocenters. The lowest BCUT2D eigenvalue weighted by atomic mass is 9.84. The first-order valence-corrected chi connectivity index (χ1v) is 6.60. The van der Waals surface area contributed by atoms with Crippen LogP contribution in [0.2, 0.25) is 0 Å². The van der Waals surface area contributed by atoms with Crippen LogP contribution >= 0.6 is 11.6 Å². The van der Waals surface area contributed by atoms with Gasteiger partial charge in [-0.3, -0.25) is 4.79 Å². The Bertz CT molecular complexity index is 455. The van der Waals surface area contributed by atoms with E-state index in [4.69, 9.17) is 11.6 Å². The van der Waals surface area contributed by atoms with Crippen LogP contribution in [0.25, 0.3) is 0 Å². The molecule has 0 heterocycles. The van der Waals surface area contributed by atoms with E-state index in [0.29, 0.717) is 18.0 Å².